The molecule has 21 heavy (non-hydrogen) atoms. The minimum atomic E-state index is 0.512. The Morgan fingerprint density at radius 3 is 2.43 bits per heavy atom. The second-order valence-electron chi connectivity index (χ2n) is 4.25. The van der Waals surface area contributed by atoms with E-state index in [0.717, 1.165) is 14.9 Å². The molecule has 0 radical (unpaired) electrons. The lowest BCUT2D eigenvalue weighted by atomic mass is 10.2. The van der Waals surface area contributed by atoms with Gasteiger partial charge in [-0.1, -0.05) is 27.5 Å². The Morgan fingerprint density at radius 2 is 1.71 bits per heavy atom. The molecule has 1 aromatic heterocycles. The zero-order valence-electron chi connectivity index (χ0n) is 10.8. The van der Waals surface area contributed by atoms with Crippen molar-refractivity contribution in [3.05, 3.63) is 63.9 Å². The van der Waals surface area contributed by atoms with Crippen molar-refractivity contribution >= 4 is 39.3 Å². The van der Waals surface area contributed by atoms with E-state index in [0.29, 0.717) is 22.6 Å². The van der Waals surface area contributed by atoms with E-state index in [2.05, 4.69) is 26.1 Å². The first kappa shape index (κ1) is 14.6. The molecule has 3 aromatic rings. The summed E-state index contributed by atoms with van der Waals surface area (Å²) in [4.78, 5) is 1.16. The molecule has 6 heteroatoms. The number of aromatic nitrogens is 2. The third-order valence-electron chi connectivity index (χ3n) is 2.73. The van der Waals surface area contributed by atoms with Gasteiger partial charge in [-0.2, -0.15) is 0 Å². The summed E-state index contributed by atoms with van der Waals surface area (Å²) in [5.74, 6) is 1.76. The minimum Gasteiger partial charge on any atom is -0.420 e. The Labute approximate surface area is 139 Å². The van der Waals surface area contributed by atoms with Gasteiger partial charge >= 0.3 is 0 Å². The van der Waals surface area contributed by atoms with Gasteiger partial charge in [0.25, 0.3) is 0 Å². The Kier molecular flexibility index (Phi) is 4.63. The van der Waals surface area contributed by atoms with Crippen LogP contribution in [0.1, 0.15) is 5.89 Å². The van der Waals surface area contributed by atoms with Crippen molar-refractivity contribution in [2.75, 3.05) is 0 Å². The normalized spacial score (nSPS) is 10.8. The monoisotopic (exact) mass is 380 g/mol. The maximum atomic E-state index is 5.86. The zero-order chi connectivity index (χ0) is 14.7. The van der Waals surface area contributed by atoms with Gasteiger partial charge in [-0.15, -0.1) is 22.0 Å². The standard InChI is InChI=1S/C15H10BrClN2OS/c16-11-3-7-13(8-4-11)21-9-14-18-19-15(20-14)10-1-5-12(17)6-2-10/h1-8H,9H2. The van der Waals surface area contributed by atoms with Crippen LogP contribution in [-0.2, 0) is 5.75 Å². The second kappa shape index (κ2) is 6.64. The van der Waals surface area contributed by atoms with E-state index in [1.54, 1.807) is 23.9 Å². The number of nitrogens with zero attached hydrogens (tertiary/aromatic N) is 2. The van der Waals surface area contributed by atoms with Gasteiger partial charge < -0.3 is 4.42 Å². The predicted octanol–water partition coefficient (Wildman–Crippen LogP) is 5.44. The van der Waals surface area contributed by atoms with Crippen LogP contribution in [0.15, 0.2) is 62.3 Å². The largest absolute Gasteiger partial charge is 0.420 e. The SMILES string of the molecule is Clc1ccc(-c2nnc(CSc3ccc(Br)cc3)o2)cc1. The van der Waals surface area contributed by atoms with E-state index in [9.17, 15) is 0 Å². The van der Waals surface area contributed by atoms with E-state index in [-0.39, 0.29) is 0 Å². The average Bonchev–Trinajstić information content (AvgIpc) is 2.96. The summed E-state index contributed by atoms with van der Waals surface area (Å²) < 4.78 is 6.72. The first-order valence-electron chi connectivity index (χ1n) is 6.17. The highest BCUT2D eigenvalue weighted by molar-refractivity contribution is 9.10. The van der Waals surface area contributed by atoms with Gasteiger partial charge in [0.1, 0.15) is 0 Å². The molecule has 0 aliphatic carbocycles. The molecule has 3 nitrogen and oxygen atoms in total. The van der Waals surface area contributed by atoms with Gasteiger partial charge in [-0.25, -0.2) is 0 Å². The maximum absolute atomic E-state index is 5.86. The van der Waals surface area contributed by atoms with Crippen molar-refractivity contribution in [2.24, 2.45) is 0 Å². The molecule has 0 amide bonds. The summed E-state index contributed by atoms with van der Waals surface area (Å²) >= 11 is 10.9. The first-order valence-corrected chi connectivity index (χ1v) is 8.33. The van der Waals surface area contributed by atoms with E-state index in [1.165, 1.54) is 0 Å². The van der Waals surface area contributed by atoms with Crippen LogP contribution in [0.4, 0.5) is 0 Å². The smallest absolute Gasteiger partial charge is 0.247 e. The lowest BCUT2D eigenvalue weighted by molar-refractivity contribution is 0.528. The number of benzene rings is 2. The molecule has 0 saturated heterocycles. The third kappa shape index (κ3) is 3.87. The van der Waals surface area contributed by atoms with E-state index < -0.39 is 0 Å². The molecular formula is C15H10BrClN2OS. The number of halogens is 2. The van der Waals surface area contributed by atoms with Crippen molar-refractivity contribution in [1.82, 2.24) is 10.2 Å². The Morgan fingerprint density at radius 1 is 1.00 bits per heavy atom. The van der Waals surface area contributed by atoms with Crippen molar-refractivity contribution in [3.63, 3.8) is 0 Å². The Balaban J connectivity index is 1.67. The van der Waals surface area contributed by atoms with Crippen molar-refractivity contribution in [1.29, 1.82) is 0 Å². The molecule has 0 aliphatic heterocycles. The molecule has 0 unspecified atom stereocenters. The number of hydrogen-bond donors (Lipinski definition) is 0. The average molecular weight is 382 g/mol. The molecule has 3 rings (SSSR count). The summed E-state index contributed by atoms with van der Waals surface area (Å²) in [6.07, 6.45) is 0. The van der Waals surface area contributed by atoms with Crippen molar-refractivity contribution in [3.8, 4) is 11.5 Å². The number of thioether (sulfide) groups is 1. The van der Waals surface area contributed by atoms with Crippen LogP contribution in [0.2, 0.25) is 5.02 Å². The van der Waals surface area contributed by atoms with Crippen LogP contribution in [0, 0.1) is 0 Å². The zero-order valence-corrected chi connectivity index (χ0v) is 14.0. The number of rotatable bonds is 4. The van der Waals surface area contributed by atoms with Gasteiger partial charge in [-0.3, -0.25) is 0 Å². The van der Waals surface area contributed by atoms with E-state index >= 15 is 0 Å². The molecule has 0 atom stereocenters. The van der Waals surface area contributed by atoms with Crippen LogP contribution in [0.5, 0.6) is 0 Å². The molecule has 1 heterocycles. The molecule has 0 saturated carbocycles. The highest BCUT2D eigenvalue weighted by atomic mass is 79.9. The summed E-state index contributed by atoms with van der Waals surface area (Å²) in [5, 5.41) is 8.81. The predicted molar refractivity (Wildman–Crippen MR) is 88.4 cm³/mol. The van der Waals surface area contributed by atoms with Crippen molar-refractivity contribution in [2.45, 2.75) is 10.6 Å². The summed E-state index contributed by atoms with van der Waals surface area (Å²) in [6, 6.07) is 15.4. The van der Waals surface area contributed by atoms with Gasteiger partial charge in [0.2, 0.25) is 11.8 Å². The third-order valence-corrected chi connectivity index (χ3v) is 4.51. The maximum Gasteiger partial charge on any atom is 0.247 e. The van der Waals surface area contributed by atoms with Gasteiger partial charge in [-0.05, 0) is 48.5 Å². The fourth-order valence-electron chi connectivity index (χ4n) is 1.70. The molecule has 0 aliphatic rings. The van der Waals surface area contributed by atoms with E-state index in [4.69, 9.17) is 16.0 Å². The quantitative estimate of drug-likeness (QED) is 0.564. The molecule has 106 valence electrons. The fourth-order valence-corrected chi connectivity index (χ4v) is 2.82. The highest BCUT2D eigenvalue weighted by Gasteiger charge is 2.08. The van der Waals surface area contributed by atoms with Crippen molar-refractivity contribution < 1.29 is 4.42 Å². The highest BCUT2D eigenvalue weighted by Crippen LogP contribution is 2.26. The molecule has 2 aromatic carbocycles. The fraction of sp³-hybridized carbons (Fsp3) is 0.0667. The van der Waals surface area contributed by atoms with Gasteiger partial charge in [0, 0.05) is 20.0 Å². The Hall–Kier alpha value is -1.30. The number of hydrogen-bond acceptors (Lipinski definition) is 4. The molecule has 0 fully saturated rings. The lowest BCUT2D eigenvalue weighted by Gasteiger charge is -1.98. The lowest BCUT2D eigenvalue weighted by Crippen LogP contribution is -1.80. The molecular weight excluding hydrogens is 372 g/mol. The van der Waals surface area contributed by atoms with Crippen LogP contribution < -0.4 is 0 Å². The summed E-state index contributed by atoms with van der Waals surface area (Å²) in [5.41, 5.74) is 0.867. The van der Waals surface area contributed by atoms with Crippen LogP contribution >= 0.6 is 39.3 Å². The molecule has 0 bridgehead atoms. The summed E-state index contributed by atoms with van der Waals surface area (Å²) in [7, 11) is 0. The second-order valence-corrected chi connectivity index (χ2v) is 6.65. The summed E-state index contributed by atoms with van der Waals surface area (Å²) in [6.45, 7) is 0. The van der Waals surface area contributed by atoms with Gasteiger partial charge in [0.05, 0.1) is 5.75 Å². The topological polar surface area (TPSA) is 38.9 Å². The van der Waals surface area contributed by atoms with Gasteiger partial charge in [0.15, 0.2) is 0 Å². The van der Waals surface area contributed by atoms with E-state index in [1.807, 2.05) is 36.4 Å². The Bertz CT molecular complexity index is 728. The van der Waals surface area contributed by atoms with Crippen LogP contribution in [-0.4, -0.2) is 10.2 Å². The van der Waals surface area contributed by atoms with Crippen LogP contribution in [0.3, 0.4) is 0 Å². The first-order chi connectivity index (χ1) is 10.2. The van der Waals surface area contributed by atoms with Crippen LogP contribution in [0.25, 0.3) is 11.5 Å². The molecule has 0 spiro atoms. The molecule has 0 N–H and O–H groups in total. The minimum absolute atomic E-state index is 0.512.